The molecular weight excluding hydrogens is 566 g/mol. The van der Waals surface area contributed by atoms with Gasteiger partial charge in [0.2, 0.25) is 11.6 Å². The molecule has 1 N–H and O–H groups in total. The highest BCUT2D eigenvalue weighted by molar-refractivity contribution is 6.47. The zero-order valence-electron chi connectivity index (χ0n) is 27.7. The van der Waals surface area contributed by atoms with Crippen LogP contribution in [-0.2, 0) is 33.4 Å². The molecule has 7 atom stereocenters. The monoisotopic (exact) mass is 617 g/mol. The molecule has 1 saturated carbocycles. The highest BCUT2D eigenvalue weighted by atomic mass is 16.6. The molecule has 0 amide bonds. The van der Waals surface area contributed by atoms with Crippen LogP contribution in [0, 0.1) is 22.7 Å². The third-order valence-electron chi connectivity index (χ3n) is 10.3. The fraction of sp³-hybridized carbons (Fsp3) is 0.758. The zero-order chi connectivity index (χ0) is 32.6. The topological polar surface area (TPSA) is 126 Å². The molecule has 11 nitrogen and oxygen atoms in total. The van der Waals surface area contributed by atoms with Gasteiger partial charge in [-0.15, -0.1) is 0 Å². The molecule has 0 bridgehead atoms. The van der Waals surface area contributed by atoms with Crippen molar-refractivity contribution in [3.63, 3.8) is 0 Å². The molecule has 4 aliphatic rings. The van der Waals surface area contributed by atoms with Crippen LogP contribution < -0.4 is 0 Å². The van der Waals surface area contributed by atoms with E-state index < -0.39 is 58.6 Å². The highest BCUT2D eigenvalue weighted by Crippen LogP contribution is 2.63. The van der Waals surface area contributed by atoms with Crippen LogP contribution in [0.5, 0.6) is 0 Å². The number of cyclic esters (lactones) is 1. The molecule has 44 heavy (non-hydrogen) atoms. The van der Waals surface area contributed by atoms with E-state index in [1.165, 1.54) is 14.0 Å². The Morgan fingerprint density at radius 1 is 1.02 bits per heavy atom. The average Bonchev–Trinajstić information content (AvgIpc) is 3.22. The second kappa shape index (κ2) is 13.4. The molecule has 3 aliphatic carbocycles. The number of fused-ring (bicyclic) bond motifs is 4. The zero-order valence-corrected chi connectivity index (χ0v) is 27.7. The normalized spacial score (nSPS) is 34.3. The number of methoxy groups -OCH3 is 1. The second-order valence-corrected chi connectivity index (χ2v) is 14.0. The summed E-state index contributed by atoms with van der Waals surface area (Å²) in [5.74, 6) is -4.01. The molecule has 1 saturated heterocycles. The van der Waals surface area contributed by atoms with E-state index in [1.54, 1.807) is 6.20 Å². The van der Waals surface area contributed by atoms with E-state index in [0.717, 1.165) is 25.9 Å². The number of nitrogens with zero attached hydrogens (tertiary/aromatic N) is 3. The van der Waals surface area contributed by atoms with E-state index in [2.05, 4.69) is 14.7 Å². The molecule has 1 heterocycles. The quantitative estimate of drug-likeness (QED) is 0.196. The Hall–Kier alpha value is -2.60. The summed E-state index contributed by atoms with van der Waals surface area (Å²) in [5, 5.41) is 11.0. The lowest BCUT2D eigenvalue weighted by atomic mass is 9.50. The van der Waals surface area contributed by atoms with E-state index in [-0.39, 0.29) is 18.1 Å². The summed E-state index contributed by atoms with van der Waals surface area (Å²) >= 11 is 0. The van der Waals surface area contributed by atoms with Gasteiger partial charge in [0.1, 0.15) is 12.2 Å². The minimum Gasteiger partial charge on any atom is -0.458 e. The molecule has 11 heteroatoms. The van der Waals surface area contributed by atoms with Gasteiger partial charge in [-0.2, -0.15) is 0 Å². The van der Waals surface area contributed by atoms with E-state index >= 15 is 0 Å². The number of aliphatic hydroxyl groups excluding tert-OH is 1. The summed E-state index contributed by atoms with van der Waals surface area (Å²) in [7, 11) is 9.51. The van der Waals surface area contributed by atoms with Gasteiger partial charge in [-0.1, -0.05) is 13.8 Å². The smallest absolute Gasteiger partial charge is 0.336 e. The molecule has 0 spiro atoms. The van der Waals surface area contributed by atoms with Gasteiger partial charge in [-0.05, 0) is 84.9 Å². The van der Waals surface area contributed by atoms with Crippen LogP contribution in [0.25, 0.3) is 0 Å². The maximum absolute atomic E-state index is 14.3. The number of carbonyl (C=O) groups excluding carboxylic acids is 4. The third kappa shape index (κ3) is 6.25. The van der Waals surface area contributed by atoms with Crippen molar-refractivity contribution in [1.29, 1.82) is 0 Å². The van der Waals surface area contributed by atoms with Crippen LogP contribution in [0.2, 0.25) is 0 Å². The van der Waals surface area contributed by atoms with E-state index in [0.29, 0.717) is 43.5 Å². The van der Waals surface area contributed by atoms with Crippen molar-refractivity contribution in [3.05, 3.63) is 22.9 Å². The molecule has 4 rings (SSSR count). The number of ether oxygens (including phenoxy) is 3. The first kappa shape index (κ1) is 34.3. The van der Waals surface area contributed by atoms with Crippen molar-refractivity contribution in [3.8, 4) is 0 Å². The summed E-state index contributed by atoms with van der Waals surface area (Å²) in [6.07, 6.45) is 2.24. The lowest BCUT2D eigenvalue weighted by molar-refractivity contribution is -0.175. The Labute approximate surface area is 261 Å². The number of Topliss-reactive ketones (excluding diaryl/α,β-unsaturated/α-hetero) is 2. The predicted octanol–water partition coefficient (Wildman–Crippen LogP) is 1.83. The van der Waals surface area contributed by atoms with Crippen molar-refractivity contribution in [1.82, 2.24) is 14.7 Å². The van der Waals surface area contributed by atoms with Gasteiger partial charge in [-0.25, -0.2) is 4.79 Å². The van der Waals surface area contributed by atoms with Gasteiger partial charge in [0, 0.05) is 49.7 Å². The van der Waals surface area contributed by atoms with Crippen molar-refractivity contribution in [2.75, 3.05) is 68.1 Å². The Morgan fingerprint density at radius 3 is 2.18 bits per heavy atom. The Kier molecular flexibility index (Phi) is 10.4. The highest BCUT2D eigenvalue weighted by Gasteiger charge is 2.67. The van der Waals surface area contributed by atoms with Gasteiger partial charge in [0.25, 0.3) is 0 Å². The number of aliphatic hydroxyl groups is 1. The second-order valence-electron chi connectivity index (χ2n) is 14.0. The lowest BCUT2D eigenvalue weighted by Crippen LogP contribution is -2.63. The summed E-state index contributed by atoms with van der Waals surface area (Å²) in [6.45, 7) is 8.05. The number of allylic oxidation sites excluding steroid dienone is 1. The Balaban J connectivity index is 1.88. The maximum atomic E-state index is 14.3. The maximum Gasteiger partial charge on any atom is 0.336 e. The van der Waals surface area contributed by atoms with Gasteiger partial charge in [-0.3, -0.25) is 14.4 Å². The fourth-order valence-corrected chi connectivity index (χ4v) is 8.11. The first-order chi connectivity index (χ1) is 20.7. The van der Waals surface area contributed by atoms with Gasteiger partial charge < -0.3 is 34.0 Å². The predicted molar refractivity (Wildman–Crippen MR) is 163 cm³/mol. The average molecular weight is 618 g/mol. The van der Waals surface area contributed by atoms with Crippen LogP contribution in [0.1, 0.15) is 52.9 Å². The minimum absolute atomic E-state index is 0.00297. The summed E-state index contributed by atoms with van der Waals surface area (Å²) < 4.78 is 17.5. The molecule has 0 aromatic carbocycles. The fourth-order valence-electron chi connectivity index (χ4n) is 8.11. The molecular formula is C33H51N3O8. The first-order valence-corrected chi connectivity index (χ1v) is 15.8. The van der Waals surface area contributed by atoms with E-state index in [1.807, 2.05) is 42.0 Å². The van der Waals surface area contributed by atoms with Crippen LogP contribution >= 0.6 is 0 Å². The first-order valence-electron chi connectivity index (χ1n) is 15.8. The molecule has 2 unspecified atom stereocenters. The number of hydrogen-bond donors (Lipinski definition) is 1. The SMILES string of the molecule is COC[C@H]1OC(=O)/C(=C/N(CCCN(C)C)CCCN(C)C)C2C(=O)C(=O)C3=C([C@H](OC(C)=O)C[C@@]4(C)C3CC[C@@H]4O)[C@]21C. The summed E-state index contributed by atoms with van der Waals surface area (Å²) in [6, 6.07) is 0. The van der Waals surface area contributed by atoms with Crippen molar-refractivity contribution in [2.24, 2.45) is 22.7 Å². The largest absolute Gasteiger partial charge is 0.458 e. The molecule has 0 radical (unpaired) electrons. The summed E-state index contributed by atoms with van der Waals surface area (Å²) in [5.41, 5.74) is -0.956. The van der Waals surface area contributed by atoms with Crippen molar-refractivity contribution < 1.29 is 38.5 Å². The number of carbonyl (C=O) groups is 4. The number of esters is 2. The van der Waals surface area contributed by atoms with Gasteiger partial charge >= 0.3 is 11.9 Å². The number of rotatable bonds is 12. The van der Waals surface area contributed by atoms with Gasteiger partial charge in [0.15, 0.2) is 0 Å². The summed E-state index contributed by atoms with van der Waals surface area (Å²) in [4.78, 5) is 61.0. The Bertz CT molecular complexity index is 1200. The van der Waals surface area contributed by atoms with Gasteiger partial charge in [0.05, 0.1) is 24.2 Å². The molecule has 1 aliphatic heterocycles. The molecule has 0 aromatic heterocycles. The molecule has 2 fully saturated rings. The molecule has 0 aromatic rings. The van der Waals surface area contributed by atoms with Crippen LogP contribution in [-0.4, -0.2) is 130 Å². The number of hydrogen-bond acceptors (Lipinski definition) is 11. The Morgan fingerprint density at radius 2 is 1.64 bits per heavy atom. The van der Waals surface area contributed by atoms with Crippen molar-refractivity contribution in [2.45, 2.75) is 71.2 Å². The van der Waals surface area contributed by atoms with Crippen LogP contribution in [0.3, 0.4) is 0 Å². The van der Waals surface area contributed by atoms with E-state index in [4.69, 9.17) is 14.2 Å². The molecule has 246 valence electrons. The third-order valence-corrected chi connectivity index (χ3v) is 10.3. The standard InChI is InChI=1S/C33H51N3O8/c1-20(37)43-23-17-32(2)22(11-12-24(32)38)26-28(23)33(3)25(19-42-8)44-31(41)21(27(33)30(40)29(26)39)18-36(15-9-13-34(4)5)16-10-14-35(6)7/h18,22-25,27,38H,9-17,19H2,1-8H3/b21-18+/t22?,23-,24+,25-,27?,32+,33+/m1/s1. The van der Waals surface area contributed by atoms with Crippen LogP contribution in [0.15, 0.2) is 22.9 Å². The van der Waals surface area contributed by atoms with E-state index in [9.17, 15) is 24.3 Å². The van der Waals surface area contributed by atoms with Crippen LogP contribution in [0.4, 0.5) is 0 Å². The van der Waals surface area contributed by atoms with Crippen molar-refractivity contribution >= 4 is 23.5 Å². The lowest BCUT2D eigenvalue weighted by Gasteiger charge is -2.56. The minimum atomic E-state index is -1.20. The number of ketones is 2.